The zero-order valence-electron chi connectivity index (χ0n) is 14.0. The van der Waals surface area contributed by atoms with Gasteiger partial charge in [0.05, 0.1) is 11.0 Å². The molecule has 1 aromatic carbocycles. The van der Waals surface area contributed by atoms with Gasteiger partial charge in [0, 0.05) is 24.5 Å². The molecule has 1 heterocycles. The van der Waals surface area contributed by atoms with Gasteiger partial charge in [-0.2, -0.15) is 0 Å². The molecule has 0 aromatic heterocycles. The summed E-state index contributed by atoms with van der Waals surface area (Å²) in [6.45, 7) is 1.70. The topological polar surface area (TPSA) is 66.5 Å². The number of benzene rings is 1. The molecule has 1 N–H and O–H groups in total. The number of thioether (sulfide) groups is 1. The van der Waals surface area contributed by atoms with Crippen molar-refractivity contribution in [3.05, 3.63) is 30.1 Å². The van der Waals surface area contributed by atoms with E-state index in [0.717, 1.165) is 30.6 Å². The summed E-state index contributed by atoms with van der Waals surface area (Å²) >= 11 is 1.37. The van der Waals surface area contributed by atoms with Crippen LogP contribution in [0.2, 0.25) is 0 Å². The third-order valence-electron chi connectivity index (χ3n) is 4.65. The Morgan fingerprint density at radius 1 is 1.16 bits per heavy atom. The Kier molecular flexibility index (Phi) is 6.01. The maximum atomic E-state index is 12.8. The Morgan fingerprint density at radius 3 is 2.40 bits per heavy atom. The van der Waals surface area contributed by atoms with Crippen molar-refractivity contribution in [2.75, 3.05) is 25.4 Å². The van der Waals surface area contributed by atoms with Crippen molar-refractivity contribution in [1.29, 1.82) is 0 Å². The number of nitrogens with one attached hydrogen (secondary N) is 1. The average Bonchev–Trinajstić information content (AvgIpc) is 3.45. The number of hydrogen-bond donors (Lipinski definition) is 1. The standard InChI is InChI=1S/C17H23FN2O3S2/c18-14-1-3-15(4-2-14)24-12-17(21)19-11-13-7-9-20(10-8-13)25(22,23)16-5-6-16/h1-4,13,16H,5-12H2,(H,19,21). The first kappa shape index (κ1) is 18.7. The molecule has 5 nitrogen and oxygen atoms in total. The molecular formula is C17H23FN2O3S2. The molecule has 0 radical (unpaired) electrons. The summed E-state index contributed by atoms with van der Waals surface area (Å²) in [5.41, 5.74) is 0. The Hall–Kier alpha value is -1.12. The predicted octanol–water partition coefficient (Wildman–Crippen LogP) is 2.24. The van der Waals surface area contributed by atoms with Crippen molar-refractivity contribution in [3.8, 4) is 0 Å². The summed E-state index contributed by atoms with van der Waals surface area (Å²) in [6.07, 6.45) is 3.17. The minimum atomic E-state index is -3.07. The lowest BCUT2D eigenvalue weighted by Gasteiger charge is -2.31. The molecule has 1 saturated heterocycles. The van der Waals surface area contributed by atoms with Gasteiger partial charge in [0.25, 0.3) is 0 Å². The summed E-state index contributed by atoms with van der Waals surface area (Å²) in [4.78, 5) is 12.8. The molecule has 0 atom stereocenters. The van der Waals surface area contributed by atoms with Crippen LogP contribution in [0.15, 0.2) is 29.2 Å². The van der Waals surface area contributed by atoms with E-state index in [-0.39, 0.29) is 17.0 Å². The zero-order valence-corrected chi connectivity index (χ0v) is 15.6. The molecule has 25 heavy (non-hydrogen) atoms. The summed E-state index contributed by atoms with van der Waals surface area (Å²) in [5, 5.41) is 2.77. The van der Waals surface area contributed by atoms with Gasteiger partial charge in [-0.15, -0.1) is 11.8 Å². The van der Waals surface area contributed by atoms with Crippen molar-refractivity contribution in [2.45, 2.75) is 35.8 Å². The van der Waals surface area contributed by atoms with Crippen molar-refractivity contribution >= 4 is 27.7 Å². The van der Waals surface area contributed by atoms with Crippen LogP contribution < -0.4 is 5.32 Å². The van der Waals surface area contributed by atoms with Crippen LogP contribution in [0.4, 0.5) is 4.39 Å². The van der Waals surface area contributed by atoms with Crippen molar-refractivity contribution in [3.63, 3.8) is 0 Å². The molecule has 0 bridgehead atoms. The highest BCUT2D eigenvalue weighted by molar-refractivity contribution is 8.00. The van der Waals surface area contributed by atoms with Crippen molar-refractivity contribution in [1.82, 2.24) is 9.62 Å². The maximum absolute atomic E-state index is 12.8. The fourth-order valence-electron chi connectivity index (χ4n) is 2.93. The van der Waals surface area contributed by atoms with Gasteiger partial charge in [-0.3, -0.25) is 4.79 Å². The molecule has 2 aliphatic rings. The Bertz CT molecular complexity index is 697. The van der Waals surface area contributed by atoms with Crippen LogP contribution in [0, 0.1) is 11.7 Å². The summed E-state index contributed by atoms with van der Waals surface area (Å²) in [6, 6.07) is 6.07. The maximum Gasteiger partial charge on any atom is 0.230 e. The Morgan fingerprint density at radius 2 is 1.80 bits per heavy atom. The molecule has 1 saturated carbocycles. The molecule has 1 aliphatic carbocycles. The molecule has 2 fully saturated rings. The largest absolute Gasteiger partial charge is 0.355 e. The van der Waals surface area contributed by atoms with Gasteiger partial charge in [0.2, 0.25) is 15.9 Å². The lowest BCUT2D eigenvalue weighted by atomic mass is 9.98. The normalized spacial score (nSPS) is 19.7. The highest BCUT2D eigenvalue weighted by Crippen LogP contribution is 2.33. The van der Waals surface area contributed by atoms with E-state index in [1.807, 2.05) is 0 Å². The van der Waals surface area contributed by atoms with Gasteiger partial charge in [-0.1, -0.05) is 0 Å². The minimum Gasteiger partial charge on any atom is -0.355 e. The first-order valence-electron chi connectivity index (χ1n) is 8.59. The van der Waals surface area contributed by atoms with Gasteiger partial charge in [-0.05, 0) is 55.9 Å². The van der Waals surface area contributed by atoms with E-state index in [1.54, 1.807) is 16.4 Å². The van der Waals surface area contributed by atoms with E-state index >= 15 is 0 Å². The Balaban J connectivity index is 1.35. The van der Waals surface area contributed by atoms with Gasteiger partial charge < -0.3 is 5.32 Å². The molecule has 138 valence electrons. The number of hydrogen-bond acceptors (Lipinski definition) is 4. The van der Waals surface area contributed by atoms with Crippen LogP contribution in [-0.2, 0) is 14.8 Å². The number of amides is 1. The highest BCUT2D eigenvalue weighted by Gasteiger charge is 2.41. The second-order valence-corrected chi connectivity index (χ2v) is 9.90. The monoisotopic (exact) mass is 386 g/mol. The number of sulfonamides is 1. The SMILES string of the molecule is O=C(CSc1ccc(F)cc1)NCC1CCN(S(=O)(=O)C2CC2)CC1. The van der Waals surface area contributed by atoms with E-state index in [1.165, 1.54) is 23.9 Å². The smallest absolute Gasteiger partial charge is 0.230 e. The summed E-state index contributed by atoms with van der Waals surface area (Å²) in [7, 11) is -3.07. The molecular weight excluding hydrogens is 363 g/mol. The summed E-state index contributed by atoms with van der Waals surface area (Å²) in [5.74, 6) is 0.275. The van der Waals surface area contributed by atoms with E-state index in [2.05, 4.69) is 5.32 Å². The van der Waals surface area contributed by atoms with E-state index < -0.39 is 10.0 Å². The predicted molar refractivity (Wildman–Crippen MR) is 96.4 cm³/mol. The van der Waals surface area contributed by atoms with E-state index in [0.29, 0.717) is 31.3 Å². The number of carbonyl (C=O) groups is 1. The van der Waals surface area contributed by atoms with Crippen molar-refractivity contribution in [2.24, 2.45) is 5.92 Å². The van der Waals surface area contributed by atoms with Gasteiger partial charge >= 0.3 is 0 Å². The average molecular weight is 387 g/mol. The third kappa shape index (κ3) is 5.18. The van der Waals surface area contributed by atoms with Crippen LogP contribution in [-0.4, -0.2) is 49.3 Å². The molecule has 0 unspecified atom stereocenters. The zero-order chi connectivity index (χ0) is 17.9. The molecule has 3 rings (SSSR count). The van der Waals surface area contributed by atoms with Gasteiger partial charge in [-0.25, -0.2) is 17.1 Å². The molecule has 8 heteroatoms. The van der Waals surface area contributed by atoms with Crippen LogP contribution in [0.3, 0.4) is 0 Å². The van der Waals surface area contributed by atoms with Crippen LogP contribution >= 0.6 is 11.8 Å². The number of rotatable bonds is 7. The lowest BCUT2D eigenvalue weighted by Crippen LogP contribution is -2.42. The minimum absolute atomic E-state index is 0.0534. The van der Waals surface area contributed by atoms with Crippen LogP contribution in [0.25, 0.3) is 0 Å². The second kappa shape index (κ2) is 8.05. The van der Waals surface area contributed by atoms with Crippen LogP contribution in [0.1, 0.15) is 25.7 Å². The fraction of sp³-hybridized carbons (Fsp3) is 0.588. The molecule has 1 aromatic rings. The lowest BCUT2D eigenvalue weighted by molar-refractivity contribution is -0.118. The fourth-order valence-corrected chi connectivity index (χ4v) is 5.54. The number of piperidine rings is 1. The van der Waals surface area contributed by atoms with E-state index in [4.69, 9.17) is 0 Å². The van der Waals surface area contributed by atoms with Gasteiger partial charge in [0.15, 0.2) is 0 Å². The number of nitrogens with zero attached hydrogens (tertiary/aromatic N) is 1. The second-order valence-electron chi connectivity index (χ2n) is 6.63. The highest BCUT2D eigenvalue weighted by atomic mass is 32.2. The molecule has 1 aliphatic heterocycles. The van der Waals surface area contributed by atoms with Crippen LogP contribution in [0.5, 0.6) is 0 Å². The first-order valence-corrected chi connectivity index (χ1v) is 11.1. The molecule has 1 amide bonds. The summed E-state index contributed by atoms with van der Waals surface area (Å²) < 4.78 is 38.8. The van der Waals surface area contributed by atoms with E-state index in [9.17, 15) is 17.6 Å². The third-order valence-corrected chi connectivity index (χ3v) is 8.06. The number of carbonyl (C=O) groups excluding carboxylic acids is 1. The van der Waals surface area contributed by atoms with Gasteiger partial charge in [0.1, 0.15) is 5.82 Å². The number of halogens is 1. The first-order chi connectivity index (χ1) is 11.9. The Labute approximate surface area is 152 Å². The van der Waals surface area contributed by atoms with Crippen molar-refractivity contribution < 1.29 is 17.6 Å². The molecule has 0 spiro atoms. The quantitative estimate of drug-likeness (QED) is 0.730.